The van der Waals surface area contributed by atoms with Crippen LogP contribution in [0.25, 0.3) is 0 Å². The Kier molecular flexibility index (Phi) is 7.59. The Balaban J connectivity index is 0.00000312. The van der Waals surface area contributed by atoms with Crippen LogP contribution >= 0.6 is 12.4 Å². The third kappa shape index (κ3) is 5.83. The number of nitrogens with one attached hydrogen (secondary N) is 2. The maximum atomic E-state index is 13.2. The summed E-state index contributed by atoms with van der Waals surface area (Å²) in [4.78, 5) is 23.2. The molecule has 0 radical (unpaired) electrons. The van der Waals surface area contributed by atoms with Gasteiger partial charge in [-0.15, -0.1) is 12.4 Å². The molecule has 0 aromatic heterocycles. The molecule has 1 atom stereocenters. The first kappa shape index (κ1) is 21.1. The van der Waals surface area contributed by atoms with Gasteiger partial charge in [-0.05, 0) is 12.1 Å². The topological polar surface area (TPSA) is 87.5 Å². The lowest BCUT2D eigenvalue weighted by Gasteiger charge is -2.35. The Morgan fingerprint density at radius 1 is 1.28 bits per heavy atom. The molecule has 0 bridgehead atoms. The maximum Gasteiger partial charge on any atom is 0.405 e. The summed E-state index contributed by atoms with van der Waals surface area (Å²) < 4.78 is 39.6. The standard InChI is InChI=1S/C14H17F3N4O3.ClH/c15-14(16,17)12(20-7-5-18-6-8-20)9-19-13(22)10-1-3-11(4-2-10)21(23)24;/h1-4,12,18H,5-9H2,(H,19,22);1H. The number of piperazine rings is 1. The molecule has 1 amide bonds. The molecule has 1 aliphatic rings. The van der Waals surface area contributed by atoms with Crippen molar-refractivity contribution in [2.75, 3.05) is 32.7 Å². The van der Waals surface area contributed by atoms with Crippen molar-refractivity contribution < 1.29 is 22.9 Å². The van der Waals surface area contributed by atoms with Gasteiger partial charge in [-0.1, -0.05) is 0 Å². The summed E-state index contributed by atoms with van der Waals surface area (Å²) in [5, 5.41) is 15.8. The first-order valence-corrected chi connectivity index (χ1v) is 7.33. The van der Waals surface area contributed by atoms with Crippen LogP contribution in [-0.4, -0.2) is 60.7 Å². The van der Waals surface area contributed by atoms with Crippen molar-refractivity contribution in [2.45, 2.75) is 12.2 Å². The minimum atomic E-state index is -4.46. The highest BCUT2D eigenvalue weighted by Gasteiger charge is 2.43. The molecule has 7 nitrogen and oxygen atoms in total. The number of nitro benzene ring substituents is 1. The normalized spacial score (nSPS) is 16.6. The van der Waals surface area contributed by atoms with Crippen molar-refractivity contribution in [3.05, 3.63) is 39.9 Å². The highest BCUT2D eigenvalue weighted by molar-refractivity contribution is 5.94. The molecule has 1 aromatic rings. The van der Waals surface area contributed by atoms with Crippen molar-refractivity contribution in [3.63, 3.8) is 0 Å². The Morgan fingerprint density at radius 3 is 2.32 bits per heavy atom. The van der Waals surface area contributed by atoms with E-state index in [9.17, 15) is 28.1 Å². The van der Waals surface area contributed by atoms with E-state index in [4.69, 9.17) is 0 Å². The van der Waals surface area contributed by atoms with Crippen molar-refractivity contribution in [3.8, 4) is 0 Å². The van der Waals surface area contributed by atoms with Gasteiger partial charge < -0.3 is 10.6 Å². The van der Waals surface area contributed by atoms with Crippen molar-refractivity contribution >= 4 is 24.0 Å². The smallest absolute Gasteiger partial charge is 0.350 e. The van der Waals surface area contributed by atoms with Crippen molar-refractivity contribution in [2.24, 2.45) is 0 Å². The average molecular weight is 383 g/mol. The predicted molar refractivity (Wildman–Crippen MR) is 87.0 cm³/mol. The highest BCUT2D eigenvalue weighted by Crippen LogP contribution is 2.25. The zero-order valence-electron chi connectivity index (χ0n) is 13.1. The molecule has 1 saturated heterocycles. The molecule has 0 spiro atoms. The lowest BCUT2D eigenvalue weighted by Crippen LogP contribution is -2.57. The molecule has 0 aliphatic carbocycles. The summed E-state index contributed by atoms with van der Waals surface area (Å²) in [5.74, 6) is -0.700. The predicted octanol–water partition coefficient (Wildman–Crippen LogP) is 1.58. The first-order chi connectivity index (χ1) is 11.3. The van der Waals surface area contributed by atoms with E-state index in [2.05, 4.69) is 10.6 Å². The molecule has 11 heteroatoms. The molecule has 140 valence electrons. The quantitative estimate of drug-likeness (QED) is 0.596. The van der Waals surface area contributed by atoms with Gasteiger partial charge in [-0.2, -0.15) is 13.2 Å². The van der Waals surface area contributed by atoms with Gasteiger partial charge in [0.2, 0.25) is 0 Å². The van der Waals surface area contributed by atoms with Crippen LogP contribution in [0.4, 0.5) is 18.9 Å². The molecule has 2 N–H and O–H groups in total. The van der Waals surface area contributed by atoms with Crippen LogP contribution in [0.15, 0.2) is 24.3 Å². The molecule has 0 saturated carbocycles. The summed E-state index contributed by atoms with van der Waals surface area (Å²) in [6.07, 6.45) is -4.46. The number of amides is 1. The van der Waals surface area contributed by atoms with Gasteiger partial charge in [0.25, 0.3) is 11.6 Å². The summed E-state index contributed by atoms with van der Waals surface area (Å²) >= 11 is 0. The number of nitro groups is 1. The first-order valence-electron chi connectivity index (χ1n) is 7.33. The van der Waals surface area contributed by atoms with Gasteiger partial charge in [-0.25, -0.2) is 0 Å². The largest absolute Gasteiger partial charge is 0.405 e. The highest BCUT2D eigenvalue weighted by atomic mass is 35.5. The Bertz CT molecular complexity index is 592. The molecule has 1 aliphatic heterocycles. The third-order valence-electron chi connectivity index (χ3n) is 3.77. The van der Waals surface area contributed by atoms with Gasteiger partial charge >= 0.3 is 6.18 Å². The second-order valence-corrected chi connectivity index (χ2v) is 5.36. The number of alkyl halides is 3. The van der Waals surface area contributed by atoms with E-state index < -0.39 is 29.6 Å². The summed E-state index contributed by atoms with van der Waals surface area (Å²) in [6, 6.07) is 2.92. The summed E-state index contributed by atoms with van der Waals surface area (Å²) in [5.41, 5.74) is -0.123. The van der Waals surface area contributed by atoms with Crippen LogP contribution in [0.2, 0.25) is 0 Å². The SMILES string of the molecule is Cl.O=C(NCC(N1CCNCC1)C(F)(F)F)c1ccc([N+](=O)[O-])cc1. The molecule has 25 heavy (non-hydrogen) atoms. The number of carbonyl (C=O) groups is 1. The number of hydrogen-bond acceptors (Lipinski definition) is 5. The lowest BCUT2D eigenvalue weighted by atomic mass is 10.1. The number of non-ortho nitro benzene ring substituents is 1. The molecular formula is C14H18ClF3N4O3. The number of nitrogens with zero attached hydrogens (tertiary/aromatic N) is 2. The molecule has 1 aromatic carbocycles. The van der Waals surface area contributed by atoms with Crippen LogP contribution in [0, 0.1) is 10.1 Å². The number of hydrogen-bond donors (Lipinski definition) is 2. The second kappa shape index (κ2) is 8.97. The zero-order chi connectivity index (χ0) is 17.7. The van der Waals surface area contributed by atoms with E-state index in [1.54, 1.807) is 0 Å². The Labute approximate surface area is 148 Å². The molecule has 1 unspecified atom stereocenters. The minimum Gasteiger partial charge on any atom is -0.350 e. The van der Waals surface area contributed by atoms with Crippen LogP contribution < -0.4 is 10.6 Å². The minimum absolute atomic E-state index is 0. The van der Waals surface area contributed by atoms with Gasteiger partial charge in [-0.3, -0.25) is 19.8 Å². The average Bonchev–Trinajstić information content (AvgIpc) is 2.54. The molecule has 1 heterocycles. The van der Waals surface area contributed by atoms with Gasteiger partial charge in [0.1, 0.15) is 6.04 Å². The van der Waals surface area contributed by atoms with E-state index in [0.717, 1.165) is 12.1 Å². The number of benzene rings is 1. The van der Waals surface area contributed by atoms with E-state index >= 15 is 0 Å². The fourth-order valence-electron chi connectivity index (χ4n) is 2.47. The molecular weight excluding hydrogens is 365 g/mol. The zero-order valence-corrected chi connectivity index (χ0v) is 13.9. The van der Waals surface area contributed by atoms with E-state index in [-0.39, 0.29) is 36.7 Å². The van der Waals surface area contributed by atoms with E-state index in [0.29, 0.717) is 13.1 Å². The number of halogens is 4. The maximum absolute atomic E-state index is 13.2. The molecule has 2 rings (SSSR count). The van der Waals surface area contributed by atoms with Crippen LogP contribution in [0.5, 0.6) is 0 Å². The Morgan fingerprint density at radius 2 is 1.84 bits per heavy atom. The van der Waals surface area contributed by atoms with Gasteiger partial charge in [0.15, 0.2) is 0 Å². The fourth-order valence-corrected chi connectivity index (χ4v) is 2.47. The Hall–Kier alpha value is -1.91. The fraction of sp³-hybridized carbons (Fsp3) is 0.500. The van der Waals surface area contributed by atoms with Crippen LogP contribution in [0.3, 0.4) is 0 Å². The van der Waals surface area contributed by atoms with Gasteiger partial charge in [0.05, 0.1) is 4.92 Å². The molecule has 1 fully saturated rings. The van der Waals surface area contributed by atoms with E-state index in [1.807, 2.05) is 0 Å². The second-order valence-electron chi connectivity index (χ2n) is 5.36. The summed E-state index contributed by atoms with van der Waals surface area (Å²) in [6.45, 7) is 0.847. The lowest BCUT2D eigenvalue weighted by molar-refractivity contribution is -0.384. The van der Waals surface area contributed by atoms with Crippen molar-refractivity contribution in [1.82, 2.24) is 15.5 Å². The van der Waals surface area contributed by atoms with Gasteiger partial charge in [0, 0.05) is 50.4 Å². The number of carbonyl (C=O) groups excluding carboxylic acids is 1. The van der Waals surface area contributed by atoms with Crippen molar-refractivity contribution in [1.29, 1.82) is 0 Å². The van der Waals surface area contributed by atoms with Crippen LogP contribution in [-0.2, 0) is 0 Å². The van der Waals surface area contributed by atoms with E-state index in [1.165, 1.54) is 17.0 Å². The third-order valence-corrected chi connectivity index (χ3v) is 3.77. The number of rotatable bonds is 5. The monoisotopic (exact) mass is 382 g/mol. The summed E-state index contributed by atoms with van der Waals surface area (Å²) in [7, 11) is 0. The van der Waals surface area contributed by atoms with Crippen LogP contribution in [0.1, 0.15) is 10.4 Å².